The number of aromatic amines is 1. The van der Waals surface area contributed by atoms with Gasteiger partial charge in [-0.1, -0.05) is 24.4 Å². The van der Waals surface area contributed by atoms with Gasteiger partial charge in [0.05, 0.1) is 41.3 Å². The molecule has 0 amide bonds. The number of ether oxygens (including phenoxy) is 2. The van der Waals surface area contributed by atoms with Crippen LogP contribution in [-0.2, 0) is 14.8 Å². The number of halogens is 1. The summed E-state index contributed by atoms with van der Waals surface area (Å²) in [6.07, 6.45) is 6.64. The standard InChI is InChI=1S/C23H29ClN6O4S/c1-33-19-12-16(35(31,32)30-8-10-34-11-9-30)6-7-18(19)27-23-28-21(25-13-15-4-2-3-5-15)20-17(24)14-26-22(20)29-23/h6-7,12,14-15H,2-5,8-11,13H2,1H3,(H3,25,26,27,28,29). The Morgan fingerprint density at radius 2 is 2.00 bits per heavy atom. The predicted octanol–water partition coefficient (Wildman–Crippen LogP) is 3.99. The Morgan fingerprint density at radius 3 is 2.74 bits per heavy atom. The molecule has 1 saturated heterocycles. The maximum atomic E-state index is 13.0. The molecular weight excluding hydrogens is 492 g/mol. The van der Waals surface area contributed by atoms with Crippen LogP contribution in [0.5, 0.6) is 5.75 Å². The van der Waals surface area contributed by atoms with Crippen molar-refractivity contribution in [3.63, 3.8) is 0 Å². The molecule has 0 unspecified atom stereocenters. The number of hydrogen-bond acceptors (Lipinski definition) is 8. The second kappa shape index (κ2) is 10.2. The average molecular weight is 521 g/mol. The van der Waals surface area contributed by atoms with E-state index in [1.807, 2.05) is 0 Å². The van der Waals surface area contributed by atoms with Crippen LogP contribution in [0.4, 0.5) is 17.5 Å². The highest BCUT2D eigenvalue weighted by Crippen LogP contribution is 2.34. The molecule has 10 nitrogen and oxygen atoms in total. The SMILES string of the molecule is COc1cc(S(=O)(=O)N2CCOCC2)ccc1Nc1nc(NCC2CCCC2)c2c(Cl)c[nH]c2n1. The minimum absolute atomic E-state index is 0.160. The molecule has 1 aliphatic heterocycles. The summed E-state index contributed by atoms with van der Waals surface area (Å²) in [6.45, 7) is 2.25. The lowest BCUT2D eigenvalue weighted by atomic mass is 10.1. The Kier molecular flexibility index (Phi) is 7.01. The van der Waals surface area contributed by atoms with E-state index < -0.39 is 10.0 Å². The summed E-state index contributed by atoms with van der Waals surface area (Å²) < 4.78 is 38.3. The minimum Gasteiger partial charge on any atom is -0.495 e. The third-order valence-electron chi connectivity index (χ3n) is 6.54. The highest BCUT2D eigenvalue weighted by molar-refractivity contribution is 7.89. The molecule has 0 bridgehead atoms. The number of sulfonamides is 1. The molecule has 12 heteroatoms. The predicted molar refractivity (Wildman–Crippen MR) is 135 cm³/mol. The molecule has 0 radical (unpaired) electrons. The Morgan fingerprint density at radius 1 is 1.23 bits per heavy atom. The molecule has 2 aliphatic rings. The smallest absolute Gasteiger partial charge is 0.243 e. The van der Waals surface area contributed by atoms with Crippen LogP contribution in [0, 0.1) is 5.92 Å². The molecule has 1 aromatic carbocycles. The maximum absolute atomic E-state index is 13.0. The van der Waals surface area contributed by atoms with Crippen molar-refractivity contribution in [1.82, 2.24) is 19.3 Å². The summed E-state index contributed by atoms with van der Waals surface area (Å²) >= 11 is 6.40. The fourth-order valence-electron chi connectivity index (χ4n) is 4.63. The van der Waals surface area contributed by atoms with Crippen molar-refractivity contribution in [2.24, 2.45) is 5.92 Å². The lowest BCUT2D eigenvalue weighted by molar-refractivity contribution is 0.0730. The number of H-pyrrole nitrogens is 1. The number of nitrogens with one attached hydrogen (secondary N) is 3. The number of anilines is 3. The zero-order chi connectivity index (χ0) is 24.4. The van der Waals surface area contributed by atoms with Crippen molar-refractivity contribution in [2.75, 3.05) is 50.6 Å². The van der Waals surface area contributed by atoms with E-state index >= 15 is 0 Å². The van der Waals surface area contributed by atoms with E-state index in [1.165, 1.54) is 43.2 Å². The molecule has 35 heavy (non-hydrogen) atoms. The van der Waals surface area contributed by atoms with Gasteiger partial charge in [-0.2, -0.15) is 14.3 Å². The van der Waals surface area contributed by atoms with Gasteiger partial charge in [-0.3, -0.25) is 0 Å². The van der Waals surface area contributed by atoms with Gasteiger partial charge in [-0.25, -0.2) is 8.42 Å². The maximum Gasteiger partial charge on any atom is 0.243 e. The lowest BCUT2D eigenvalue weighted by Crippen LogP contribution is -2.40. The summed E-state index contributed by atoms with van der Waals surface area (Å²) in [6, 6.07) is 4.72. The number of morpholine rings is 1. The Hall–Kier alpha value is -2.60. The Balaban J connectivity index is 1.42. The van der Waals surface area contributed by atoms with E-state index in [1.54, 1.807) is 18.3 Å². The van der Waals surface area contributed by atoms with Crippen molar-refractivity contribution in [1.29, 1.82) is 0 Å². The number of fused-ring (bicyclic) bond motifs is 1. The number of rotatable bonds is 8. The van der Waals surface area contributed by atoms with E-state index in [0.29, 0.717) is 66.1 Å². The van der Waals surface area contributed by atoms with Gasteiger partial charge in [0.2, 0.25) is 16.0 Å². The van der Waals surface area contributed by atoms with Crippen molar-refractivity contribution in [3.8, 4) is 5.75 Å². The molecule has 5 rings (SSSR count). The molecule has 0 atom stereocenters. The molecule has 1 saturated carbocycles. The Bertz CT molecular complexity index is 1300. The molecule has 3 heterocycles. The molecule has 2 aromatic heterocycles. The highest BCUT2D eigenvalue weighted by Gasteiger charge is 2.27. The summed E-state index contributed by atoms with van der Waals surface area (Å²) in [5, 5.41) is 7.92. The fourth-order valence-corrected chi connectivity index (χ4v) is 6.28. The summed E-state index contributed by atoms with van der Waals surface area (Å²) in [5.41, 5.74) is 1.15. The normalized spacial score (nSPS) is 17.7. The van der Waals surface area contributed by atoms with Crippen LogP contribution in [0.2, 0.25) is 5.02 Å². The molecule has 3 N–H and O–H groups in total. The van der Waals surface area contributed by atoms with E-state index in [2.05, 4.69) is 25.6 Å². The van der Waals surface area contributed by atoms with Crippen LogP contribution in [-0.4, -0.2) is 67.6 Å². The van der Waals surface area contributed by atoms with E-state index in [-0.39, 0.29) is 4.90 Å². The van der Waals surface area contributed by atoms with Gasteiger partial charge in [0.25, 0.3) is 0 Å². The van der Waals surface area contributed by atoms with Gasteiger partial charge in [0.1, 0.15) is 17.2 Å². The first-order valence-electron chi connectivity index (χ1n) is 11.8. The summed E-state index contributed by atoms with van der Waals surface area (Å²) in [4.78, 5) is 12.5. The third-order valence-corrected chi connectivity index (χ3v) is 8.74. The summed E-state index contributed by atoms with van der Waals surface area (Å²) in [7, 11) is -2.15. The second-order valence-electron chi connectivity index (χ2n) is 8.79. The monoisotopic (exact) mass is 520 g/mol. The summed E-state index contributed by atoms with van der Waals surface area (Å²) in [5.74, 6) is 1.98. The van der Waals surface area contributed by atoms with Crippen LogP contribution in [0.15, 0.2) is 29.3 Å². The van der Waals surface area contributed by atoms with Crippen LogP contribution in [0.1, 0.15) is 25.7 Å². The topological polar surface area (TPSA) is 121 Å². The van der Waals surface area contributed by atoms with Crippen LogP contribution >= 0.6 is 11.6 Å². The molecule has 2 fully saturated rings. The van der Waals surface area contributed by atoms with Crippen molar-refractivity contribution < 1.29 is 17.9 Å². The average Bonchev–Trinajstić information content (AvgIpc) is 3.53. The van der Waals surface area contributed by atoms with E-state index in [0.717, 1.165) is 11.9 Å². The van der Waals surface area contributed by atoms with Crippen molar-refractivity contribution in [3.05, 3.63) is 29.4 Å². The van der Waals surface area contributed by atoms with Gasteiger partial charge >= 0.3 is 0 Å². The number of benzene rings is 1. The molecule has 3 aromatic rings. The number of aromatic nitrogens is 3. The van der Waals surface area contributed by atoms with Gasteiger partial charge in [-0.05, 0) is 30.9 Å². The molecule has 1 aliphatic carbocycles. The lowest BCUT2D eigenvalue weighted by Gasteiger charge is -2.26. The molecule has 188 valence electrons. The number of methoxy groups -OCH3 is 1. The first kappa shape index (κ1) is 24.1. The number of nitrogens with zero attached hydrogens (tertiary/aromatic N) is 3. The van der Waals surface area contributed by atoms with Crippen molar-refractivity contribution >= 4 is 50.1 Å². The van der Waals surface area contributed by atoms with Gasteiger partial charge in [-0.15, -0.1) is 0 Å². The fraction of sp³-hybridized carbons (Fsp3) is 0.478. The van der Waals surface area contributed by atoms with Gasteiger partial charge in [0, 0.05) is 31.9 Å². The first-order chi connectivity index (χ1) is 17.0. The quantitative estimate of drug-likeness (QED) is 0.407. The third kappa shape index (κ3) is 5.04. The minimum atomic E-state index is -3.65. The zero-order valence-electron chi connectivity index (χ0n) is 19.5. The molecular formula is C23H29ClN6O4S. The van der Waals surface area contributed by atoms with Crippen LogP contribution < -0.4 is 15.4 Å². The zero-order valence-corrected chi connectivity index (χ0v) is 21.1. The molecule has 0 spiro atoms. The highest BCUT2D eigenvalue weighted by atomic mass is 35.5. The number of hydrogen-bond donors (Lipinski definition) is 3. The largest absolute Gasteiger partial charge is 0.495 e. The van der Waals surface area contributed by atoms with E-state index in [4.69, 9.17) is 21.1 Å². The first-order valence-corrected chi connectivity index (χ1v) is 13.6. The van der Waals surface area contributed by atoms with Crippen molar-refractivity contribution in [2.45, 2.75) is 30.6 Å². The van der Waals surface area contributed by atoms with Gasteiger partial charge < -0.3 is 25.1 Å². The van der Waals surface area contributed by atoms with Gasteiger partial charge in [0.15, 0.2) is 0 Å². The van der Waals surface area contributed by atoms with Crippen LogP contribution in [0.3, 0.4) is 0 Å². The van der Waals surface area contributed by atoms with Crippen LogP contribution in [0.25, 0.3) is 11.0 Å². The van der Waals surface area contributed by atoms with E-state index in [9.17, 15) is 8.42 Å². The second-order valence-corrected chi connectivity index (χ2v) is 11.1. The Labute approximate surface area is 209 Å².